The largest absolute Gasteiger partial charge is 0.490 e. The second kappa shape index (κ2) is 8.76. The highest BCUT2D eigenvalue weighted by Crippen LogP contribution is 2.25. The highest BCUT2D eigenvalue weighted by molar-refractivity contribution is 9.10. The van der Waals surface area contributed by atoms with E-state index in [0.29, 0.717) is 28.5 Å². The Bertz CT molecular complexity index is 1540. The molecule has 0 saturated heterocycles. The zero-order valence-electron chi connectivity index (χ0n) is 17.2. The summed E-state index contributed by atoms with van der Waals surface area (Å²) >= 11 is 4.89. The monoisotopic (exact) mass is 506 g/mol. The first-order valence-electron chi connectivity index (χ1n) is 10.1. The Kier molecular flexibility index (Phi) is 5.68. The minimum atomic E-state index is -0.0764. The van der Waals surface area contributed by atoms with Gasteiger partial charge in [-0.2, -0.15) is 0 Å². The average molecular weight is 507 g/mol. The van der Waals surface area contributed by atoms with Crippen molar-refractivity contribution in [2.45, 2.75) is 6.92 Å². The van der Waals surface area contributed by atoms with E-state index in [0.717, 1.165) is 32.4 Å². The van der Waals surface area contributed by atoms with E-state index in [9.17, 15) is 4.79 Å². The molecule has 0 N–H and O–H groups in total. The van der Waals surface area contributed by atoms with Crippen LogP contribution in [0.4, 0.5) is 0 Å². The van der Waals surface area contributed by atoms with Crippen LogP contribution in [-0.2, 0) is 0 Å². The first-order chi connectivity index (χ1) is 15.6. The van der Waals surface area contributed by atoms with Crippen LogP contribution in [-0.4, -0.2) is 22.6 Å². The van der Waals surface area contributed by atoms with E-state index in [1.165, 1.54) is 11.3 Å². The molecule has 0 unspecified atom stereocenters. The highest BCUT2D eigenvalue weighted by Gasteiger charge is 2.11. The maximum Gasteiger partial charge on any atom is 0.274 e. The second-order valence-electron chi connectivity index (χ2n) is 7.28. The minimum absolute atomic E-state index is 0.0764. The van der Waals surface area contributed by atoms with Crippen molar-refractivity contribution < 1.29 is 9.47 Å². The molecule has 0 fully saturated rings. The lowest BCUT2D eigenvalue weighted by Gasteiger charge is -2.12. The maximum absolute atomic E-state index is 13.1. The molecule has 0 amide bonds. The number of aromatic nitrogens is 2. The van der Waals surface area contributed by atoms with Gasteiger partial charge in [0.25, 0.3) is 5.56 Å². The molecule has 0 aliphatic heterocycles. The van der Waals surface area contributed by atoms with Crippen LogP contribution in [0.15, 0.2) is 76.0 Å². The second-order valence-corrected chi connectivity index (χ2v) is 9.20. The number of hydrogen-bond donors (Lipinski definition) is 0. The normalized spacial score (nSPS) is 12.0. The Morgan fingerprint density at radius 1 is 1.00 bits per heavy atom. The van der Waals surface area contributed by atoms with Gasteiger partial charge in [-0.05, 0) is 55.0 Å². The van der Waals surface area contributed by atoms with Crippen molar-refractivity contribution in [2.75, 3.05) is 13.2 Å². The molecule has 0 bridgehead atoms. The number of halogens is 1. The molecule has 0 radical (unpaired) electrons. The van der Waals surface area contributed by atoms with Gasteiger partial charge in [-0.25, -0.2) is 9.38 Å². The number of imidazole rings is 1. The number of fused-ring (bicyclic) bond motifs is 3. The van der Waals surface area contributed by atoms with Gasteiger partial charge in [0.2, 0.25) is 0 Å². The standard InChI is InChI=1S/C25H19BrN2O3S/c1-16-6-2-5-9-21(16)30-12-13-31-22-11-10-18(26)14-17(22)15-23-24(29)28-20-8-4-3-7-19(20)27-25(28)32-23/h2-11,14-15H,12-13H2,1H3/b23-15-. The third kappa shape index (κ3) is 4.01. The number of aryl methyl sites for hydroxylation is 1. The van der Waals surface area contributed by atoms with Crippen LogP contribution in [0, 0.1) is 6.92 Å². The molecule has 0 atom stereocenters. The van der Waals surface area contributed by atoms with Gasteiger partial charge in [0.05, 0.1) is 15.6 Å². The molecule has 5 nitrogen and oxygen atoms in total. The fourth-order valence-electron chi connectivity index (χ4n) is 3.54. The summed E-state index contributed by atoms with van der Waals surface area (Å²) in [6, 6.07) is 21.3. The van der Waals surface area contributed by atoms with Gasteiger partial charge >= 0.3 is 0 Å². The summed E-state index contributed by atoms with van der Waals surface area (Å²) in [5.41, 5.74) is 3.47. The minimum Gasteiger partial charge on any atom is -0.490 e. The Morgan fingerprint density at radius 3 is 2.59 bits per heavy atom. The van der Waals surface area contributed by atoms with Gasteiger partial charge in [0.15, 0.2) is 4.96 Å². The molecule has 2 aromatic heterocycles. The molecule has 5 aromatic rings. The van der Waals surface area contributed by atoms with E-state index in [2.05, 4.69) is 20.9 Å². The highest BCUT2D eigenvalue weighted by atomic mass is 79.9. The topological polar surface area (TPSA) is 52.8 Å². The zero-order valence-corrected chi connectivity index (χ0v) is 19.7. The van der Waals surface area contributed by atoms with Crippen LogP contribution in [0.5, 0.6) is 11.5 Å². The van der Waals surface area contributed by atoms with Crippen molar-refractivity contribution in [3.8, 4) is 11.5 Å². The van der Waals surface area contributed by atoms with Crippen molar-refractivity contribution in [1.29, 1.82) is 0 Å². The third-order valence-electron chi connectivity index (χ3n) is 5.10. The van der Waals surface area contributed by atoms with Crippen LogP contribution >= 0.6 is 27.3 Å². The van der Waals surface area contributed by atoms with Crippen molar-refractivity contribution in [2.24, 2.45) is 0 Å². The van der Waals surface area contributed by atoms with E-state index in [-0.39, 0.29) is 5.56 Å². The van der Waals surface area contributed by atoms with E-state index in [1.54, 1.807) is 4.40 Å². The van der Waals surface area contributed by atoms with Crippen molar-refractivity contribution in [1.82, 2.24) is 9.38 Å². The molecule has 0 saturated carbocycles. The zero-order chi connectivity index (χ0) is 22.1. The number of rotatable bonds is 6. The Balaban J connectivity index is 1.42. The van der Waals surface area contributed by atoms with Crippen molar-refractivity contribution >= 4 is 49.3 Å². The Morgan fingerprint density at radius 2 is 1.75 bits per heavy atom. The van der Waals surface area contributed by atoms with Crippen LogP contribution in [0.2, 0.25) is 0 Å². The molecule has 32 heavy (non-hydrogen) atoms. The van der Waals surface area contributed by atoms with E-state index in [1.807, 2.05) is 79.7 Å². The van der Waals surface area contributed by atoms with Gasteiger partial charge < -0.3 is 9.47 Å². The number of hydrogen-bond acceptors (Lipinski definition) is 5. The molecule has 0 aliphatic rings. The van der Waals surface area contributed by atoms with Gasteiger partial charge in [0.1, 0.15) is 24.7 Å². The Hall–Kier alpha value is -3.16. The number of nitrogens with zero attached hydrogens (tertiary/aromatic N) is 2. The quantitative estimate of drug-likeness (QED) is 0.304. The molecular formula is C25H19BrN2O3S. The predicted octanol–water partition coefficient (Wildman–Crippen LogP) is 4.99. The van der Waals surface area contributed by atoms with E-state index in [4.69, 9.17) is 9.47 Å². The summed E-state index contributed by atoms with van der Waals surface area (Å²) in [4.78, 5) is 18.3. The number of ether oxygens (including phenoxy) is 2. The number of para-hydroxylation sites is 3. The van der Waals surface area contributed by atoms with Crippen LogP contribution < -0.4 is 19.6 Å². The molecular weight excluding hydrogens is 488 g/mol. The van der Waals surface area contributed by atoms with Gasteiger partial charge in [0, 0.05) is 10.0 Å². The van der Waals surface area contributed by atoms with E-state index >= 15 is 0 Å². The predicted molar refractivity (Wildman–Crippen MR) is 132 cm³/mol. The van der Waals surface area contributed by atoms with Gasteiger partial charge in [-0.15, -0.1) is 0 Å². The third-order valence-corrected chi connectivity index (χ3v) is 6.56. The molecule has 5 rings (SSSR count). The molecule has 160 valence electrons. The van der Waals surface area contributed by atoms with Gasteiger partial charge in [-0.1, -0.05) is 57.6 Å². The molecule has 7 heteroatoms. The molecule has 3 aromatic carbocycles. The lowest BCUT2D eigenvalue weighted by molar-refractivity contribution is 0.216. The fraction of sp³-hybridized carbons (Fsp3) is 0.120. The Labute approximate surface area is 196 Å². The van der Waals surface area contributed by atoms with E-state index < -0.39 is 0 Å². The van der Waals surface area contributed by atoms with Gasteiger partial charge in [-0.3, -0.25) is 4.79 Å². The smallest absolute Gasteiger partial charge is 0.274 e. The molecule has 2 heterocycles. The van der Waals surface area contributed by atoms with Crippen LogP contribution in [0.25, 0.3) is 22.1 Å². The fourth-order valence-corrected chi connectivity index (χ4v) is 4.89. The summed E-state index contributed by atoms with van der Waals surface area (Å²) in [5.74, 6) is 1.54. The maximum atomic E-state index is 13.1. The first-order valence-corrected chi connectivity index (χ1v) is 11.7. The lowest BCUT2D eigenvalue weighted by atomic mass is 10.2. The summed E-state index contributed by atoms with van der Waals surface area (Å²) in [5, 5.41) is 0. The first kappa shape index (κ1) is 20.7. The van der Waals surface area contributed by atoms with Crippen LogP contribution in [0.3, 0.4) is 0 Å². The summed E-state index contributed by atoms with van der Waals surface area (Å²) in [6.07, 6.45) is 1.86. The lowest BCUT2D eigenvalue weighted by Crippen LogP contribution is -2.22. The van der Waals surface area contributed by atoms with Crippen molar-refractivity contribution in [3.05, 3.63) is 97.2 Å². The molecule has 0 aliphatic carbocycles. The molecule has 0 spiro atoms. The summed E-state index contributed by atoms with van der Waals surface area (Å²) < 4.78 is 15.0. The number of benzene rings is 3. The summed E-state index contributed by atoms with van der Waals surface area (Å²) in [7, 11) is 0. The average Bonchev–Trinajstić information content (AvgIpc) is 3.30. The number of thiazole rings is 1. The van der Waals surface area contributed by atoms with Crippen molar-refractivity contribution in [3.63, 3.8) is 0 Å². The SMILES string of the molecule is Cc1ccccc1OCCOc1ccc(Br)cc1/C=c1\sc2nc3ccccc3n2c1=O. The van der Waals surface area contributed by atoms with Crippen LogP contribution in [0.1, 0.15) is 11.1 Å². The summed E-state index contributed by atoms with van der Waals surface area (Å²) in [6.45, 7) is 2.82.